The van der Waals surface area contributed by atoms with Crippen molar-refractivity contribution < 1.29 is 15.0 Å². The van der Waals surface area contributed by atoms with E-state index in [1.807, 2.05) is 0 Å². The van der Waals surface area contributed by atoms with E-state index in [0.29, 0.717) is 6.61 Å². The lowest BCUT2D eigenvalue weighted by Gasteiger charge is -1.93. The van der Waals surface area contributed by atoms with Crippen LogP contribution >= 0.6 is 0 Å². The second-order valence-corrected chi connectivity index (χ2v) is 2.66. The summed E-state index contributed by atoms with van der Waals surface area (Å²) in [5, 5.41) is 15.8. The van der Waals surface area contributed by atoms with Crippen LogP contribution < -0.4 is 0 Å². The number of aliphatic carboxylic acids is 1. The van der Waals surface area contributed by atoms with Crippen LogP contribution in [0, 0.1) is 0 Å². The highest BCUT2D eigenvalue weighted by molar-refractivity contribution is 5.62. The van der Waals surface area contributed by atoms with Gasteiger partial charge < -0.3 is 10.2 Å². The molecule has 0 spiro atoms. The van der Waals surface area contributed by atoms with Gasteiger partial charge in [0.25, 0.3) is 5.97 Å². The summed E-state index contributed by atoms with van der Waals surface area (Å²) in [4.78, 5) is 9.00. The van der Waals surface area contributed by atoms with Gasteiger partial charge in [0.1, 0.15) is 0 Å². The number of unbranched alkanes of at least 4 members (excludes halogenated alkanes) is 4. The maximum atomic E-state index is 9.00. The van der Waals surface area contributed by atoms with E-state index in [1.165, 1.54) is 25.7 Å². The summed E-state index contributed by atoms with van der Waals surface area (Å²) in [6.45, 7) is 3.64. The molecule has 0 radical (unpaired) electrons. The fourth-order valence-corrected chi connectivity index (χ4v) is 0.715. The highest BCUT2D eigenvalue weighted by Gasteiger charge is 1.84. The normalized spacial score (nSPS) is 8.58. The molecular weight excluding hydrogens is 156 g/mol. The molecule has 2 N–H and O–H groups in total. The zero-order valence-corrected chi connectivity index (χ0v) is 8.05. The molecule has 0 aliphatic carbocycles. The summed E-state index contributed by atoms with van der Waals surface area (Å²) in [5.74, 6) is -0.833. The SMILES string of the molecule is CC(=O)O.CCCCCCCO. The third-order valence-electron chi connectivity index (χ3n) is 1.26. The molecule has 0 heterocycles. The summed E-state index contributed by atoms with van der Waals surface area (Å²) in [5.41, 5.74) is 0. The Morgan fingerprint density at radius 3 is 1.92 bits per heavy atom. The topological polar surface area (TPSA) is 57.5 Å². The summed E-state index contributed by atoms with van der Waals surface area (Å²) in [7, 11) is 0. The minimum absolute atomic E-state index is 0.365. The average Bonchev–Trinajstić information content (AvgIpc) is 1.97. The third kappa shape index (κ3) is 34.1. The fourth-order valence-electron chi connectivity index (χ4n) is 0.715. The second-order valence-electron chi connectivity index (χ2n) is 2.66. The molecular formula is C9H20O3. The van der Waals surface area contributed by atoms with Crippen LogP contribution in [0.3, 0.4) is 0 Å². The lowest BCUT2D eigenvalue weighted by atomic mass is 10.2. The van der Waals surface area contributed by atoms with Crippen LogP contribution in [-0.4, -0.2) is 22.8 Å². The number of hydrogen-bond donors (Lipinski definition) is 2. The Balaban J connectivity index is 0. The molecule has 0 saturated heterocycles. The van der Waals surface area contributed by atoms with Crippen LogP contribution in [0.25, 0.3) is 0 Å². The van der Waals surface area contributed by atoms with Gasteiger partial charge in [0, 0.05) is 13.5 Å². The molecule has 0 aromatic carbocycles. The number of hydrogen-bond acceptors (Lipinski definition) is 2. The highest BCUT2D eigenvalue weighted by atomic mass is 16.4. The summed E-state index contributed by atoms with van der Waals surface area (Å²) in [6, 6.07) is 0. The first kappa shape index (κ1) is 14.0. The van der Waals surface area contributed by atoms with Crippen molar-refractivity contribution in [2.75, 3.05) is 6.61 Å². The summed E-state index contributed by atoms with van der Waals surface area (Å²) in [6.07, 6.45) is 6.08. The Morgan fingerprint density at radius 2 is 1.58 bits per heavy atom. The minimum Gasteiger partial charge on any atom is -0.481 e. The fraction of sp³-hybridized carbons (Fsp3) is 0.889. The van der Waals surface area contributed by atoms with Crippen LogP contribution in [0.5, 0.6) is 0 Å². The van der Waals surface area contributed by atoms with Crippen molar-refractivity contribution in [1.82, 2.24) is 0 Å². The van der Waals surface area contributed by atoms with Gasteiger partial charge in [-0.15, -0.1) is 0 Å². The largest absolute Gasteiger partial charge is 0.481 e. The van der Waals surface area contributed by atoms with Crippen molar-refractivity contribution in [3.8, 4) is 0 Å². The minimum atomic E-state index is -0.833. The number of aliphatic hydroxyl groups excluding tert-OH is 1. The van der Waals surface area contributed by atoms with E-state index < -0.39 is 5.97 Å². The second kappa shape index (κ2) is 13.1. The molecule has 0 aromatic rings. The molecule has 74 valence electrons. The number of rotatable bonds is 5. The van der Waals surface area contributed by atoms with Gasteiger partial charge in [0.05, 0.1) is 0 Å². The van der Waals surface area contributed by atoms with E-state index in [0.717, 1.165) is 13.3 Å². The van der Waals surface area contributed by atoms with Crippen LogP contribution in [0.4, 0.5) is 0 Å². The molecule has 0 aliphatic heterocycles. The van der Waals surface area contributed by atoms with Crippen LogP contribution in [0.2, 0.25) is 0 Å². The van der Waals surface area contributed by atoms with E-state index >= 15 is 0 Å². The molecule has 0 fully saturated rings. The molecule has 0 amide bonds. The molecule has 0 unspecified atom stereocenters. The van der Waals surface area contributed by atoms with Gasteiger partial charge in [0.15, 0.2) is 0 Å². The van der Waals surface area contributed by atoms with E-state index in [9.17, 15) is 0 Å². The number of carbonyl (C=O) groups is 1. The molecule has 0 saturated carbocycles. The number of carboxylic acids is 1. The molecule has 0 aliphatic rings. The standard InChI is InChI=1S/C7H16O.C2H4O2/c1-2-3-4-5-6-7-8;1-2(3)4/h8H,2-7H2,1H3;1H3,(H,3,4). The molecule has 0 rings (SSSR count). The predicted octanol–water partition coefficient (Wildman–Crippen LogP) is 2.04. The average molecular weight is 176 g/mol. The van der Waals surface area contributed by atoms with Gasteiger partial charge in [-0.1, -0.05) is 32.6 Å². The van der Waals surface area contributed by atoms with E-state index in [4.69, 9.17) is 15.0 Å². The van der Waals surface area contributed by atoms with Crippen LogP contribution in [-0.2, 0) is 4.79 Å². The van der Waals surface area contributed by atoms with Gasteiger partial charge in [0.2, 0.25) is 0 Å². The summed E-state index contributed by atoms with van der Waals surface area (Å²) >= 11 is 0. The van der Waals surface area contributed by atoms with Gasteiger partial charge in [-0.2, -0.15) is 0 Å². The van der Waals surface area contributed by atoms with Crippen molar-refractivity contribution in [2.24, 2.45) is 0 Å². The number of aliphatic hydroxyl groups is 1. The van der Waals surface area contributed by atoms with Gasteiger partial charge in [-0.25, -0.2) is 0 Å². The van der Waals surface area contributed by atoms with Gasteiger partial charge >= 0.3 is 0 Å². The zero-order valence-electron chi connectivity index (χ0n) is 8.05. The Hall–Kier alpha value is -0.570. The van der Waals surface area contributed by atoms with Crippen molar-refractivity contribution in [3.05, 3.63) is 0 Å². The lowest BCUT2D eigenvalue weighted by Crippen LogP contribution is -1.81. The third-order valence-corrected chi connectivity index (χ3v) is 1.26. The van der Waals surface area contributed by atoms with Crippen molar-refractivity contribution in [3.63, 3.8) is 0 Å². The predicted molar refractivity (Wildman–Crippen MR) is 49.2 cm³/mol. The first-order chi connectivity index (χ1) is 5.65. The lowest BCUT2D eigenvalue weighted by molar-refractivity contribution is -0.134. The molecule has 0 atom stereocenters. The quantitative estimate of drug-likeness (QED) is 0.630. The van der Waals surface area contributed by atoms with E-state index in [2.05, 4.69) is 6.92 Å². The maximum absolute atomic E-state index is 9.00. The Bertz CT molecular complexity index is 81.8. The van der Waals surface area contributed by atoms with Crippen LogP contribution in [0.1, 0.15) is 46.0 Å². The first-order valence-electron chi connectivity index (χ1n) is 4.45. The van der Waals surface area contributed by atoms with Gasteiger partial charge in [-0.3, -0.25) is 4.79 Å². The molecule has 3 nitrogen and oxygen atoms in total. The zero-order chi connectivity index (χ0) is 9.82. The van der Waals surface area contributed by atoms with Crippen molar-refractivity contribution in [2.45, 2.75) is 46.0 Å². The van der Waals surface area contributed by atoms with Crippen LogP contribution in [0.15, 0.2) is 0 Å². The smallest absolute Gasteiger partial charge is 0.300 e. The highest BCUT2D eigenvalue weighted by Crippen LogP contribution is 2.00. The van der Waals surface area contributed by atoms with E-state index in [-0.39, 0.29) is 0 Å². The Kier molecular flexibility index (Phi) is 15.2. The van der Waals surface area contributed by atoms with Gasteiger partial charge in [-0.05, 0) is 6.42 Å². The van der Waals surface area contributed by atoms with Crippen molar-refractivity contribution >= 4 is 5.97 Å². The Morgan fingerprint density at radius 1 is 1.17 bits per heavy atom. The maximum Gasteiger partial charge on any atom is 0.300 e. The molecule has 3 heteroatoms. The molecule has 0 bridgehead atoms. The Labute approximate surface area is 74.4 Å². The summed E-state index contributed by atoms with van der Waals surface area (Å²) < 4.78 is 0. The van der Waals surface area contributed by atoms with E-state index in [1.54, 1.807) is 0 Å². The molecule has 12 heavy (non-hydrogen) atoms. The molecule has 0 aromatic heterocycles. The monoisotopic (exact) mass is 176 g/mol. The number of carboxylic acid groups (broad SMARTS) is 1. The van der Waals surface area contributed by atoms with Crippen molar-refractivity contribution in [1.29, 1.82) is 0 Å². The first-order valence-corrected chi connectivity index (χ1v) is 4.45.